The Kier molecular flexibility index (Phi) is 10.7. The first-order valence-corrected chi connectivity index (χ1v) is 17.9. The highest BCUT2D eigenvalue weighted by molar-refractivity contribution is 6.07. The molecular formula is C40H54N4O5. The third-order valence-corrected chi connectivity index (χ3v) is 11.6. The summed E-state index contributed by atoms with van der Waals surface area (Å²) in [6.07, 6.45) is 4.49. The number of hydrogen-bond donors (Lipinski definition) is 1. The quantitative estimate of drug-likeness (QED) is 0.245. The summed E-state index contributed by atoms with van der Waals surface area (Å²) in [4.78, 5) is 52.3. The van der Waals surface area contributed by atoms with Gasteiger partial charge in [0.25, 0.3) is 5.91 Å². The molecule has 49 heavy (non-hydrogen) atoms. The lowest BCUT2D eigenvalue weighted by Crippen LogP contribution is -2.60. The van der Waals surface area contributed by atoms with Crippen molar-refractivity contribution in [2.45, 2.75) is 77.7 Å². The maximum absolute atomic E-state index is 15.2. The van der Waals surface area contributed by atoms with Gasteiger partial charge in [0.1, 0.15) is 11.6 Å². The largest absolute Gasteiger partial charge is 0.394 e. The van der Waals surface area contributed by atoms with Crippen LogP contribution in [0, 0.1) is 23.7 Å². The highest BCUT2D eigenvalue weighted by Gasteiger charge is 2.80. The molecule has 9 nitrogen and oxygen atoms in total. The Morgan fingerprint density at radius 2 is 1.51 bits per heavy atom. The average Bonchev–Trinajstić information content (AvgIpc) is 3.63. The zero-order valence-electron chi connectivity index (χ0n) is 30.0. The van der Waals surface area contributed by atoms with Crippen LogP contribution in [0.5, 0.6) is 0 Å². The number of ether oxygens (including phenoxy) is 1. The monoisotopic (exact) mass is 670 g/mol. The molecule has 9 heteroatoms. The first-order chi connectivity index (χ1) is 23.5. The Morgan fingerprint density at radius 1 is 0.959 bits per heavy atom. The van der Waals surface area contributed by atoms with Crippen molar-refractivity contribution < 1.29 is 24.2 Å². The molecule has 3 aliphatic heterocycles. The number of amides is 3. The van der Waals surface area contributed by atoms with Gasteiger partial charge in [-0.25, -0.2) is 0 Å². The van der Waals surface area contributed by atoms with Crippen LogP contribution in [0.3, 0.4) is 0 Å². The van der Waals surface area contributed by atoms with Gasteiger partial charge in [-0.1, -0.05) is 57.5 Å². The van der Waals surface area contributed by atoms with Gasteiger partial charge < -0.3 is 29.4 Å². The molecule has 3 saturated heterocycles. The molecule has 2 bridgehead atoms. The summed E-state index contributed by atoms with van der Waals surface area (Å²) in [6.45, 7) is 21.9. The van der Waals surface area contributed by atoms with E-state index in [1.165, 1.54) is 0 Å². The summed E-state index contributed by atoms with van der Waals surface area (Å²) in [7, 11) is 0. The molecule has 0 saturated carbocycles. The Bertz CT molecular complexity index is 1530. The fourth-order valence-corrected chi connectivity index (χ4v) is 8.76. The van der Waals surface area contributed by atoms with E-state index in [0.717, 1.165) is 18.8 Å². The molecule has 5 rings (SSSR count). The maximum atomic E-state index is 15.2. The summed E-state index contributed by atoms with van der Waals surface area (Å²) >= 11 is 0. The number of hydrogen-bond acceptors (Lipinski definition) is 6. The molecule has 1 N–H and O–H groups in total. The van der Waals surface area contributed by atoms with Crippen LogP contribution in [0.25, 0.3) is 0 Å². The van der Waals surface area contributed by atoms with Crippen LogP contribution >= 0.6 is 0 Å². The molecular weight excluding hydrogens is 616 g/mol. The molecule has 0 radical (unpaired) electrons. The number of benzene rings is 2. The Balaban J connectivity index is 1.65. The second-order valence-electron chi connectivity index (χ2n) is 14.1. The fraction of sp³-hybridized carbons (Fsp3) is 0.525. The van der Waals surface area contributed by atoms with E-state index in [0.29, 0.717) is 24.2 Å². The molecule has 3 aliphatic rings. The topological polar surface area (TPSA) is 93.6 Å². The minimum atomic E-state index is -1.26. The second kappa shape index (κ2) is 14.5. The lowest BCUT2D eigenvalue weighted by Gasteiger charge is -2.41. The van der Waals surface area contributed by atoms with E-state index in [4.69, 9.17) is 4.74 Å². The molecule has 3 fully saturated rings. The second-order valence-corrected chi connectivity index (χ2v) is 14.1. The van der Waals surface area contributed by atoms with Gasteiger partial charge in [0, 0.05) is 43.2 Å². The molecule has 8 atom stereocenters. The number of aliphatic hydroxyl groups excluding tert-OH is 1. The van der Waals surface area contributed by atoms with Crippen molar-refractivity contribution in [1.29, 1.82) is 0 Å². The molecule has 1 spiro atoms. The number of carbonyl (C=O) groups excluding carboxylic acids is 3. The zero-order chi connectivity index (χ0) is 35.7. The Labute approximate surface area is 292 Å². The number of likely N-dealkylation sites (tertiary alicyclic amines) is 1. The van der Waals surface area contributed by atoms with Crippen molar-refractivity contribution >= 4 is 34.8 Å². The normalized spacial score (nSPS) is 28.1. The van der Waals surface area contributed by atoms with Gasteiger partial charge in [-0.2, -0.15) is 0 Å². The molecule has 0 aromatic heterocycles. The van der Waals surface area contributed by atoms with Crippen LogP contribution in [0.1, 0.15) is 54.4 Å². The molecule has 3 heterocycles. The van der Waals surface area contributed by atoms with Gasteiger partial charge in [-0.3, -0.25) is 14.4 Å². The number of carbonyl (C=O) groups is 3. The van der Waals surface area contributed by atoms with Gasteiger partial charge in [0.05, 0.1) is 30.1 Å². The highest BCUT2D eigenvalue weighted by atomic mass is 16.5. The molecule has 2 aromatic carbocycles. The van der Waals surface area contributed by atoms with E-state index in [1.54, 1.807) is 26.9 Å². The summed E-state index contributed by atoms with van der Waals surface area (Å²) in [5.74, 6) is -2.83. The summed E-state index contributed by atoms with van der Waals surface area (Å²) in [6, 6.07) is 15.6. The van der Waals surface area contributed by atoms with Crippen LogP contribution in [0.2, 0.25) is 0 Å². The summed E-state index contributed by atoms with van der Waals surface area (Å²) in [5.41, 5.74) is 0.180. The zero-order valence-corrected chi connectivity index (χ0v) is 30.0. The van der Waals surface area contributed by atoms with Crippen LogP contribution in [0.4, 0.5) is 17.1 Å². The lowest BCUT2D eigenvalue weighted by atomic mass is 9.62. The predicted octanol–water partition coefficient (Wildman–Crippen LogP) is 5.69. The number of nitrogens with zero attached hydrogens (tertiary/aromatic N) is 4. The standard InChI is InChI=1S/C40H54N4O5/c1-9-23-42(30-17-15-14-16-18-30)36(46)33-34-37(47)44(32(26-45)27(6)11-3)35(40(34)25-28(7)39(33,8)49-40)38(48)43(24-10-2)31-21-19-29(20-22-31)41(12-4)13-5/h9-10,14-22,27-28,32-35,45H,1-2,11-13,23-26H2,3-8H3/t27-,28?,32-,33+,34-,35?,39-,40?/m0/s1. The van der Waals surface area contributed by atoms with E-state index >= 15 is 9.59 Å². The van der Waals surface area contributed by atoms with Crippen molar-refractivity contribution in [1.82, 2.24) is 4.90 Å². The number of aliphatic hydroxyl groups is 1. The minimum absolute atomic E-state index is 0.110. The molecule has 2 aromatic rings. The summed E-state index contributed by atoms with van der Waals surface area (Å²) < 4.78 is 7.07. The first kappa shape index (κ1) is 36.3. The third kappa shape index (κ3) is 5.88. The van der Waals surface area contributed by atoms with E-state index < -0.39 is 35.1 Å². The average molecular weight is 671 g/mol. The summed E-state index contributed by atoms with van der Waals surface area (Å²) in [5, 5.41) is 10.8. The molecule has 0 aliphatic carbocycles. The van der Waals surface area contributed by atoms with Gasteiger partial charge in [-0.05, 0) is 75.4 Å². The van der Waals surface area contributed by atoms with Gasteiger partial charge >= 0.3 is 0 Å². The molecule has 3 unspecified atom stereocenters. The van der Waals surface area contributed by atoms with E-state index in [2.05, 4.69) is 31.9 Å². The predicted molar refractivity (Wildman–Crippen MR) is 195 cm³/mol. The van der Waals surface area contributed by atoms with Gasteiger partial charge in [0.2, 0.25) is 11.8 Å². The Morgan fingerprint density at radius 3 is 2.04 bits per heavy atom. The smallest absolute Gasteiger partial charge is 0.253 e. The van der Waals surface area contributed by atoms with Crippen molar-refractivity contribution in [2.24, 2.45) is 23.7 Å². The van der Waals surface area contributed by atoms with E-state index in [-0.39, 0.29) is 49.3 Å². The highest BCUT2D eigenvalue weighted by Crippen LogP contribution is 2.66. The SMILES string of the molecule is C=CCN(C(=O)C1N([C@@H](CO)[C@@H](C)CC)C(=O)[C@@H]2[C@H](C(=O)N(CC=C)c3ccccc3)[C@@]3(C)OC12CC3C)c1ccc(N(CC)CC)cc1. The van der Waals surface area contributed by atoms with E-state index in [1.807, 2.05) is 82.3 Å². The maximum Gasteiger partial charge on any atom is 0.253 e. The van der Waals surface area contributed by atoms with Crippen LogP contribution in [0.15, 0.2) is 79.9 Å². The third-order valence-electron chi connectivity index (χ3n) is 11.6. The fourth-order valence-electron chi connectivity index (χ4n) is 8.76. The van der Waals surface area contributed by atoms with Crippen LogP contribution in [-0.4, -0.2) is 83.8 Å². The van der Waals surface area contributed by atoms with Gasteiger partial charge in [0.15, 0.2) is 0 Å². The van der Waals surface area contributed by atoms with Gasteiger partial charge in [-0.15, -0.1) is 13.2 Å². The van der Waals surface area contributed by atoms with Crippen LogP contribution < -0.4 is 14.7 Å². The number of rotatable bonds is 15. The number of anilines is 3. The number of para-hydroxylation sites is 1. The molecule has 264 valence electrons. The van der Waals surface area contributed by atoms with Crippen molar-refractivity contribution in [3.8, 4) is 0 Å². The van der Waals surface area contributed by atoms with Crippen LogP contribution in [-0.2, 0) is 19.1 Å². The lowest BCUT2D eigenvalue weighted by molar-refractivity contribution is -0.150. The number of fused-ring (bicyclic) bond motifs is 1. The minimum Gasteiger partial charge on any atom is -0.394 e. The van der Waals surface area contributed by atoms with Crippen molar-refractivity contribution in [3.63, 3.8) is 0 Å². The molecule has 3 amide bonds. The van der Waals surface area contributed by atoms with Crippen molar-refractivity contribution in [3.05, 3.63) is 79.9 Å². The Hall–Kier alpha value is -3.95. The first-order valence-electron chi connectivity index (χ1n) is 17.9. The van der Waals surface area contributed by atoms with Crippen molar-refractivity contribution in [2.75, 3.05) is 47.5 Å². The van der Waals surface area contributed by atoms with E-state index in [9.17, 15) is 9.90 Å².